The van der Waals surface area contributed by atoms with E-state index in [1.807, 2.05) is 12.1 Å². The minimum Gasteiger partial charge on any atom is -0.490 e. The second-order valence-corrected chi connectivity index (χ2v) is 11.3. The summed E-state index contributed by atoms with van der Waals surface area (Å²) in [7, 11) is 0. The van der Waals surface area contributed by atoms with Gasteiger partial charge in [-0.1, -0.05) is 44.4 Å². The highest BCUT2D eigenvalue weighted by molar-refractivity contribution is 7.17. The fourth-order valence-electron chi connectivity index (χ4n) is 4.57. The number of piperidine rings is 1. The van der Waals surface area contributed by atoms with Crippen LogP contribution in [0.1, 0.15) is 69.2 Å². The highest BCUT2D eigenvalue weighted by Gasteiger charge is 2.20. The average Bonchev–Trinajstić information content (AvgIpc) is 3.43. The van der Waals surface area contributed by atoms with Crippen LogP contribution in [-0.4, -0.2) is 54.1 Å². The van der Waals surface area contributed by atoms with E-state index in [1.165, 1.54) is 31.2 Å². The van der Waals surface area contributed by atoms with Gasteiger partial charge in [0.25, 0.3) is 5.91 Å². The Morgan fingerprint density at radius 1 is 1.02 bits per heavy atom. The Hall–Kier alpha value is -3.70. The fourth-order valence-corrected chi connectivity index (χ4v) is 5.24. The number of likely N-dealkylation sites (tertiary alicyclic amines) is 1. The molecule has 0 bridgehead atoms. The molecule has 0 radical (unpaired) electrons. The second kappa shape index (κ2) is 16.1. The SMILES string of the molecule is CCCCCNC(=O)Nc1ccc(Oc2cnc(NC(=O)c3ccc(OC4CCN(CCCC)CC4)cc3)s2)c(F)c1. The van der Waals surface area contributed by atoms with Crippen LogP contribution in [0.2, 0.25) is 0 Å². The van der Waals surface area contributed by atoms with Gasteiger partial charge in [0.2, 0.25) is 5.06 Å². The topological polar surface area (TPSA) is 105 Å². The van der Waals surface area contributed by atoms with Gasteiger partial charge >= 0.3 is 6.03 Å². The number of ether oxygens (including phenoxy) is 2. The Bertz CT molecular complexity index is 1290. The van der Waals surface area contributed by atoms with Crippen molar-refractivity contribution in [3.8, 4) is 16.6 Å². The number of carbonyl (C=O) groups is 2. The van der Waals surface area contributed by atoms with Crippen molar-refractivity contribution in [1.82, 2.24) is 15.2 Å². The zero-order valence-electron chi connectivity index (χ0n) is 24.3. The van der Waals surface area contributed by atoms with E-state index in [-0.39, 0.29) is 23.8 Å². The Morgan fingerprint density at radius 3 is 2.50 bits per heavy atom. The summed E-state index contributed by atoms with van der Waals surface area (Å²) in [6.07, 6.45) is 9.04. The number of urea groups is 1. The Morgan fingerprint density at radius 2 is 1.79 bits per heavy atom. The van der Waals surface area contributed by atoms with Crippen molar-refractivity contribution in [3.05, 3.63) is 60.0 Å². The zero-order chi connectivity index (χ0) is 29.7. The average molecular weight is 598 g/mol. The van der Waals surface area contributed by atoms with Gasteiger partial charge in [-0.25, -0.2) is 14.2 Å². The van der Waals surface area contributed by atoms with Crippen LogP contribution >= 0.6 is 11.3 Å². The number of hydrogen-bond acceptors (Lipinski definition) is 7. The lowest BCUT2D eigenvalue weighted by Gasteiger charge is -2.32. The predicted octanol–water partition coefficient (Wildman–Crippen LogP) is 7.28. The molecular weight excluding hydrogens is 557 g/mol. The maximum Gasteiger partial charge on any atom is 0.319 e. The van der Waals surface area contributed by atoms with E-state index in [0.29, 0.717) is 28.0 Å². The molecule has 42 heavy (non-hydrogen) atoms. The molecular formula is C31H40FN5O4S. The second-order valence-electron chi connectivity index (χ2n) is 10.3. The Balaban J connectivity index is 1.23. The Labute approximate surface area is 250 Å². The lowest BCUT2D eigenvalue weighted by Crippen LogP contribution is -2.38. The number of nitrogens with one attached hydrogen (secondary N) is 3. The number of hydrogen-bond donors (Lipinski definition) is 3. The van der Waals surface area contributed by atoms with Crippen molar-refractivity contribution in [2.24, 2.45) is 0 Å². The van der Waals surface area contributed by atoms with Crippen LogP contribution in [0.4, 0.5) is 20.0 Å². The van der Waals surface area contributed by atoms with E-state index >= 15 is 0 Å². The fraction of sp³-hybridized carbons (Fsp3) is 0.452. The van der Waals surface area contributed by atoms with Gasteiger partial charge < -0.3 is 25.0 Å². The number of thiazole rings is 1. The third-order valence-electron chi connectivity index (χ3n) is 6.95. The van der Waals surface area contributed by atoms with E-state index in [2.05, 4.69) is 39.7 Å². The van der Waals surface area contributed by atoms with Crippen molar-refractivity contribution in [2.45, 2.75) is 64.9 Å². The monoisotopic (exact) mass is 597 g/mol. The van der Waals surface area contributed by atoms with E-state index < -0.39 is 5.82 Å². The van der Waals surface area contributed by atoms with E-state index in [4.69, 9.17) is 9.47 Å². The molecule has 1 aromatic heterocycles. The normalized spacial score (nSPS) is 13.9. The maximum absolute atomic E-state index is 14.6. The first-order valence-electron chi connectivity index (χ1n) is 14.7. The van der Waals surface area contributed by atoms with Crippen LogP contribution in [0.25, 0.3) is 0 Å². The van der Waals surface area contributed by atoms with Gasteiger partial charge in [0, 0.05) is 37.0 Å². The first-order valence-corrected chi connectivity index (χ1v) is 15.5. The molecule has 3 amide bonds. The van der Waals surface area contributed by atoms with Crippen molar-refractivity contribution in [2.75, 3.05) is 36.8 Å². The molecule has 0 saturated carbocycles. The maximum atomic E-state index is 14.6. The molecule has 0 aliphatic carbocycles. The van der Waals surface area contributed by atoms with Crippen molar-refractivity contribution >= 4 is 34.1 Å². The minimum atomic E-state index is -0.637. The number of benzene rings is 2. The van der Waals surface area contributed by atoms with Crippen molar-refractivity contribution in [1.29, 1.82) is 0 Å². The van der Waals surface area contributed by atoms with Crippen LogP contribution in [0.15, 0.2) is 48.7 Å². The van der Waals surface area contributed by atoms with Gasteiger partial charge in [-0.05, 0) is 68.6 Å². The number of anilines is 2. The number of carbonyl (C=O) groups excluding carboxylic acids is 2. The van der Waals surface area contributed by atoms with Crippen LogP contribution < -0.4 is 25.4 Å². The molecule has 1 aliphatic rings. The summed E-state index contributed by atoms with van der Waals surface area (Å²) in [6.45, 7) is 8.12. The van der Waals surface area contributed by atoms with Gasteiger partial charge in [0.1, 0.15) is 11.9 Å². The summed E-state index contributed by atoms with van der Waals surface area (Å²) < 4.78 is 26.4. The molecule has 11 heteroatoms. The molecule has 1 fully saturated rings. The number of rotatable bonds is 14. The number of amides is 3. The van der Waals surface area contributed by atoms with Crippen molar-refractivity contribution < 1.29 is 23.5 Å². The summed E-state index contributed by atoms with van der Waals surface area (Å²) in [5, 5.41) is 8.74. The van der Waals surface area contributed by atoms with E-state index in [1.54, 1.807) is 18.2 Å². The summed E-state index contributed by atoms with van der Waals surface area (Å²) in [5.41, 5.74) is 0.784. The summed E-state index contributed by atoms with van der Waals surface area (Å²) in [5.74, 6) is -0.227. The molecule has 2 aromatic carbocycles. The summed E-state index contributed by atoms with van der Waals surface area (Å²) in [4.78, 5) is 31.4. The van der Waals surface area contributed by atoms with Gasteiger partial charge in [-0.2, -0.15) is 0 Å². The number of halogens is 1. The molecule has 226 valence electrons. The van der Waals surface area contributed by atoms with E-state index in [0.717, 1.165) is 68.8 Å². The first-order chi connectivity index (χ1) is 20.4. The summed E-state index contributed by atoms with van der Waals surface area (Å²) in [6, 6.07) is 10.9. The standard InChI is InChI=1S/C31H40FN5O4S/c1-3-5-7-16-33-30(39)35-23-10-13-27(26(32)20-23)41-28-21-34-31(42-28)36-29(38)22-8-11-24(12-9-22)40-25-14-18-37(19-15-25)17-6-4-2/h8-13,20-21,25H,3-7,14-19H2,1-2H3,(H2,33,35,39)(H,34,36,38). The molecule has 1 aliphatic heterocycles. The largest absolute Gasteiger partial charge is 0.490 e. The predicted molar refractivity (Wildman–Crippen MR) is 165 cm³/mol. The van der Waals surface area contributed by atoms with Gasteiger partial charge in [-0.15, -0.1) is 0 Å². The minimum absolute atomic E-state index is 0.0207. The molecule has 4 rings (SSSR count). The highest BCUT2D eigenvalue weighted by Crippen LogP contribution is 2.33. The van der Waals surface area contributed by atoms with Crippen LogP contribution in [0.3, 0.4) is 0 Å². The lowest BCUT2D eigenvalue weighted by molar-refractivity contribution is 0.0996. The quantitative estimate of drug-likeness (QED) is 0.169. The molecule has 3 aromatic rings. The number of aromatic nitrogens is 1. The van der Waals surface area contributed by atoms with Crippen LogP contribution in [0, 0.1) is 5.82 Å². The van der Waals surface area contributed by atoms with Crippen LogP contribution in [-0.2, 0) is 0 Å². The number of nitrogens with zero attached hydrogens (tertiary/aromatic N) is 2. The molecule has 0 unspecified atom stereocenters. The number of unbranched alkanes of at least 4 members (excludes halogenated alkanes) is 3. The first kappa shape index (κ1) is 31.2. The van der Waals surface area contributed by atoms with Gasteiger partial charge in [0.15, 0.2) is 16.7 Å². The zero-order valence-corrected chi connectivity index (χ0v) is 25.1. The Kier molecular flexibility index (Phi) is 12.0. The van der Waals surface area contributed by atoms with Gasteiger partial charge in [-0.3, -0.25) is 10.1 Å². The summed E-state index contributed by atoms with van der Waals surface area (Å²) >= 11 is 1.08. The van der Waals surface area contributed by atoms with Crippen LogP contribution in [0.5, 0.6) is 16.6 Å². The van der Waals surface area contributed by atoms with Crippen molar-refractivity contribution in [3.63, 3.8) is 0 Å². The highest BCUT2D eigenvalue weighted by atomic mass is 32.1. The molecule has 2 heterocycles. The molecule has 0 spiro atoms. The third kappa shape index (κ3) is 9.70. The third-order valence-corrected chi connectivity index (χ3v) is 7.74. The molecule has 3 N–H and O–H groups in total. The smallest absolute Gasteiger partial charge is 0.319 e. The van der Waals surface area contributed by atoms with E-state index in [9.17, 15) is 14.0 Å². The molecule has 1 saturated heterocycles. The molecule has 9 nitrogen and oxygen atoms in total. The molecule has 0 atom stereocenters. The van der Waals surface area contributed by atoms with Gasteiger partial charge in [0.05, 0.1) is 6.20 Å². The lowest BCUT2D eigenvalue weighted by atomic mass is 10.1.